The summed E-state index contributed by atoms with van der Waals surface area (Å²) in [7, 11) is 4.44. The van der Waals surface area contributed by atoms with Crippen molar-refractivity contribution in [2.75, 3.05) is 21.3 Å². The second kappa shape index (κ2) is 11.3. The number of hydrogen-bond donors (Lipinski definition) is 0. The summed E-state index contributed by atoms with van der Waals surface area (Å²) in [4.78, 5) is 17.5. The second-order valence-electron chi connectivity index (χ2n) is 6.03. The van der Waals surface area contributed by atoms with E-state index in [-0.39, 0.29) is 6.61 Å². The minimum absolute atomic E-state index is 0.196. The second-order valence-corrected chi connectivity index (χ2v) is 6.03. The van der Waals surface area contributed by atoms with Crippen molar-refractivity contribution in [3.05, 3.63) is 77.6 Å². The maximum atomic E-state index is 12.0. The summed E-state index contributed by atoms with van der Waals surface area (Å²) in [5.74, 6) is 0.324. The number of esters is 1. The molecule has 0 bridgehead atoms. The molecule has 0 spiro atoms. The van der Waals surface area contributed by atoms with Gasteiger partial charge in [-0.05, 0) is 36.3 Å². The van der Waals surface area contributed by atoms with Gasteiger partial charge in [-0.3, -0.25) is 0 Å². The number of ether oxygens (including phenoxy) is 3. The predicted molar refractivity (Wildman–Crippen MR) is 113 cm³/mol. The smallest absolute Gasteiger partial charge is 0.341 e. The molecule has 0 saturated heterocycles. The minimum Gasteiger partial charge on any atom is -0.503 e. The number of nitrogens with zero attached hydrogens (tertiary/aromatic N) is 1. The summed E-state index contributed by atoms with van der Waals surface area (Å²) >= 11 is 0. The lowest BCUT2D eigenvalue weighted by molar-refractivity contribution is -0.133. The molecule has 0 fully saturated rings. The van der Waals surface area contributed by atoms with Crippen LogP contribution >= 0.6 is 0 Å². The molecular formula is C23H25NO5. The summed E-state index contributed by atoms with van der Waals surface area (Å²) in [5.41, 5.74) is 3.51. The molecule has 0 radical (unpaired) electrons. The van der Waals surface area contributed by atoms with Crippen LogP contribution in [0, 0.1) is 0 Å². The lowest BCUT2D eigenvalue weighted by Crippen LogP contribution is -2.07. The fraction of sp³-hybridized carbons (Fsp3) is 0.217. The lowest BCUT2D eigenvalue weighted by Gasteiger charge is -2.10. The average Bonchev–Trinajstić information content (AvgIpc) is 2.76. The van der Waals surface area contributed by atoms with Crippen molar-refractivity contribution in [2.45, 2.75) is 13.5 Å². The van der Waals surface area contributed by atoms with Crippen LogP contribution in [0.4, 0.5) is 0 Å². The maximum absolute atomic E-state index is 12.0. The molecule has 2 rings (SSSR count). The third-order valence-corrected chi connectivity index (χ3v) is 4.01. The fourth-order valence-corrected chi connectivity index (χ4v) is 2.52. The topological polar surface area (TPSA) is 66.4 Å². The molecule has 0 aromatic heterocycles. The zero-order valence-corrected chi connectivity index (χ0v) is 17.0. The number of hydrogen-bond acceptors (Lipinski definition) is 6. The zero-order chi connectivity index (χ0) is 21.1. The van der Waals surface area contributed by atoms with Gasteiger partial charge in [0, 0.05) is 5.56 Å². The summed E-state index contributed by atoms with van der Waals surface area (Å²) < 4.78 is 15.0. The van der Waals surface area contributed by atoms with Gasteiger partial charge in [0.25, 0.3) is 0 Å². The van der Waals surface area contributed by atoms with Gasteiger partial charge in [0.15, 0.2) is 0 Å². The van der Waals surface area contributed by atoms with Gasteiger partial charge >= 0.3 is 5.97 Å². The van der Waals surface area contributed by atoms with Crippen LogP contribution in [0.2, 0.25) is 0 Å². The molecule has 2 aromatic rings. The molecule has 152 valence electrons. The Kier molecular flexibility index (Phi) is 8.51. The van der Waals surface area contributed by atoms with Crippen LogP contribution in [0.15, 0.2) is 66.0 Å². The Morgan fingerprint density at radius 1 is 1.03 bits per heavy atom. The van der Waals surface area contributed by atoms with E-state index in [9.17, 15) is 4.79 Å². The fourth-order valence-electron chi connectivity index (χ4n) is 2.52. The van der Waals surface area contributed by atoms with Gasteiger partial charge in [-0.25, -0.2) is 4.79 Å². The molecule has 0 aliphatic heterocycles. The first kappa shape index (κ1) is 21.8. The third kappa shape index (κ3) is 6.53. The lowest BCUT2D eigenvalue weighted by atomic mass is 10.0. The van der Waals surface area contributed by atoms with Crippen molar-refractivity contribution in [1.82, 2.24) is 0 Å². The van der Waals surface area contributed by atoms with Crippen molar-refractivity contribution in [3.63, 3.8) is 0 Å². The highest BCUT2D eigenvalue weighted by Crippen LogP contribution is 2.21. The predicted octanol–water partition coefficient (Wildman–Crippen LogP) is 4.46. The van der Waals surface area contributed by atoms with E-state index in [1.165, 1.54) is 20.5 Å². The molecule has 0 aliphatic carbocycles. The van der Waals surface area contributed by atoms with Gasteiger partial charge in [0.05, 0.1) is 33.3 Å². The number of carbonyl (C=O) groups excluding carboxylic acids is 1. The first-order valence-corrected chi connectivity index (χ1v) is 8.97. The SMILES string of the molecule is CO/C=C(\C(=O)OC)c1ccccc1CO/N=C(C)/C=C/c1ccc(OC)cc1. The van der Waals surface area contributed by atoms with Crippen molar-refractivity contribution < 1.29 is 23.8 Å². The highest BCUT2D eigenvalue weighted by atomic mass is 16.6. The molecule has 6 heteroatoms. The third-order valence-electron chi connectivity index (χ3n) is 4.01. The van der Waals surface area contributed by atoms with E-state index in [2.05, 4.69) is 5.16 Å². The van der Waals surface area contributed by atoms with E-state index in [4.69, 9.17) is 19.0 Å². The Morgan fingerprint density at radius 2 is 1.76 bits per heavy atom. The van der Waals surface area contributed by atoms with Gasteiger partial charge in [-0.2, -0.15) is 0 Å². The van der Waals surface area contributed by atoms with E-state index in [1.54, 1.807) is 13.2 Å². The van der Waals surface area contributed by atoms with Crippen LogP contribution in [0.5, 0.6) is 5.75 Å². The Bertz CT molecular complexity index is 898. The van der Waals surface area contributed by atoms with Gasteiger partial charge in [-0.1, -0.05) is 47.6 Å². The van der Waals surface area contributed by atoms with E-state index in [1.807, 2.05) is 61.5 Å². The number of allylic oxidation sites excluding steroid dienone is 1. The number of benzene rings is 2. The summed E-state index contributed by atoms with van der Waals surface area (Å²) in [6.45, 7) is 2.04. The standard InChI is InChI=1S/C23H25NO5/c1-17(9-10-18-11-13-20(27-3)14-12-18)24-29-15-19-7-5-6-8-21(19)22(16-26-2)23(25)28-4/h5-14,16H,15H2,1-4H3/b10-9+,22-16-,24-17+. The minimum atomic E-state index is -0.485. The monoisotopic (exact) mass is 395 g/mol. The van der Waals surface area contributed by atoms with Gasteiger partial charge in [-0.15, -0.1) is 0 Å². The van der Waals surface area contributed by atoms with Gasteiger partial charge < -0.3 is 19.0 Å². The Balaban J connectivity index is 2.06. The highest BCUT2D eigenvalue weighted by Gasteiger charge is 2.16. The van der Waals surface area contributed by atoms with Gasteiger partial charge in [0.1, 0.15) is 17.9 Å². The summed E-state index contributed by atoms with van der Waals surface area (Å²) in [6, 6.07) is 15.1. The molecular weight excluding hydrogens is 370 g/mol. The van der Waals surface area contributed by atoms with E-state index >= 15 is 0 Å². The van der Waals surface area contributed by atoms with E-state index in [0.717, 1.165) is 16.9 Å². The number of oxime groups is 1. The van der Waals surface area contributed by atoms with Gasteiger partial charge in [0.2, 0.25) is 0 Å². The molecule has 29 heavy (non-hydrogen) atoms. The van der Waals surface area contributed by atoms with Crippen molar-refractivity contribution in [1.29, 1.82) is 0 Å². The number of carbonyl (C=O) groups is 1. The quantitative estimate of drug-likeness (QED) is 0.206. The molecule has 0 N–H and O–H groups in total. The molecule has 2 aromatic carbocycles. The summed E-state index contributed by atoms with van der Waals surface area (Å²) in [6.07, 6.45) is 5.15. The molecule has 0 unspecified atom stereocenters. The molecule has 6 nitrogen and oxygen atoms in total. The molecule has 0 heterocycles. The van der Waals surface area contributed by atoms with E-state index < -0.39 is 5.97 Å². The number of rotatable bonds is 9. The van der Waals surface area contributed by atoms with Crippen LogP contribution in [0.3, 0.4) is 0 Å². The zero-order valence-electron chi connectivity index (χ0n) is 17.0. The van der Waals surface area contributed by atoms with Crippen molar-refractivity contribution >= 4 is 23.3 Å². The van der Waals surface area contributed by atoms with Crippen LogP contribution in [0.1, 0.15) is 23.6 Å². The normalized spacial score (nSPS) is 12.0. The average molecular weight is 395 g/mol. The van der Waals surface area contributed by atoms with Crippen molar-refractivity contribution in [2.24, 2.45) is 5.16 Å². The largest absolute Gasteiger partial charge is 0.503 e. The highest BCUT2D eigenvalue weighted by molar-refractivity contribution is 6.16. The maximum Gasteiger partial charge on any atom is 0.341 e. The molecule has 0 aliphatic rings. The van der Waals surface area contributed by atoms with Crippen LogP contribution in [-0.2, 0) is 25.7 Å². The van der Waals surface area contributed by atoms with Crippen LogP contribution in [0.25, 0.3) is 11.6 Å². The van der Waals surface area contributed by atoms with E-state index in [0.29, 0.717) is 16.8 Å². The first-order chi connectivity index (χ1) is 14.1. The first-order valence-electron chi connectivity index (χ1n) is 8.97. The molecule has 0 amide bonds. The van der Waals surface area contributed by atoms with Crippen molar-refractivity contribution in [3.8, 4) is 5.75 Å². The molecule has 0 saturated carbocycles. The number of methoxy groups -OCH3 is 3. The van der Waals surface area contributed by atoms with Crippen LogP contribution < -0.4 is 4.74 Å². The molecule has 0 atom stereocenters. The Labute approximate surface area is 171 Å². The Hall–Kier alpha value is -3.54. The summed E-state index contributed by atoms with van der Waals surface area (Å²) in [5, 5.41) is 4.12. The van der Waals surface area contributed by atoms with Crippen LogP contribution in [-0.4, -0.2) is 33.0 Å². The Morgan fingerprint density at radius 3 is 2.41 bits per heavy atom.